The molecule has 1 aromatic rings. The topological polar surface area (TPSA) is 39.1 Å². The lowest BCUT2D eigenvalue weighted by molar-refractivity contribution is 0.210. The quantitative estimate of drug-likeness (QED) is 0.708. The molecule has 1 unspecified atom stereocenters. The van der Waals surface area contributed by atoms with Gasteiger partial charge in [0.2, 0.25) is 5.95 Å². The molecule has 0 aliphatic carbocycles. The molecule has 0 fully saturated rings. The number of aromatic nitrogens is 2. The molecule has 0 aliphatic heterocycles. The van der Waals surface area contributed by atoms with Gasteiger partial charge >= 0.3 is 0 Å². The molecule has 1 N–H and O–H groups in total. The van der Waals surface area contributed by atoms with E-state index >= 15 is 0 Å². The summed E-state index contributed by atoms with van der Waals surface area (Å²) in [5.41, 5.74) is 0. The minimum Gasteiger partial charge on any atom is -0.383 e. The van der Waals surface area contributed by atoms with Gasteiger partial charge < -0.3 is 14.6 Å². The van der Waals surface area contributed by atoms with Crippen molar-refractivity contribution < 1.29 is 4.74 Å². The highest BCUT2D eigenvalue weighted by atomic mass is 16.5. The van der Waals surface area contributed by atoms with Crippen LogP contribution in [-0.4, -0.2) is 29.8 Å². The molecule has 0 bridgehead atoms. The second-order valence-corrected chi connectivity index (χ2v) is 3.33. The highest BCUT2D eigenvalue weighted by Gasteiger charge is 2.06. The highest BCUT2D eigenvalue weighted by molar-refractivity contribution is 5.26. The number of imidazole rings is 1. The van der Waals surface area contributed by atoms with Crippen molar-refractivity contribution in [3.8, 4) is 0 Å². The number of nitrogens with one attached hydrogen (secondary N) is 1. The predicted octanol–water partition coefficient (Wildman–Crippen LogP) is 1.91. The van der Waals surface area contributed by atoms with Gasteiger partial charge in [0.15, 0.2) is 0 Å². The average Bonchev–Trinajstić information content (AvgIpc) is 2.65. The number of anilines is 1. The fourth-order valence-electron chi connectivity index (χ4n) is 1.27. The van der Waals surface area contributed by atoms with E-state index in [1.54, 1.807) is 7.11 Å². The van der Waals surface area contributed by atoms with Crippen molar-refractivity contribution in [3.05, 3.63) is 12.4 Å². The molecule has 0 spiro atoms. The Hall–Kier alpha value is -1.03. The number of ether oxygens (including phenoxy) is 1. The van der Waals surface area contributed by atoms with Gasteiger partial charge in [-0.1, -0.05) is 6.92 Å². The van der Waals surface area contributed by atoms with E-state index in [0.717, 1.165) is 18.9 Å². The summed E-state index contributed by atoms with van der Waals surface area (Å²) in [5, 5.41) is 3.24. The fourth-order valence-corrected chi connectivity index (χ4v) is 1.27. The van der Waals surface area contributed by atoms with Crippen molar-refractivity contribution in [2.75, 3.05) is 25.6 Å². The Morgan fingerprint density at radius 2 is 2.43 bits per heavy atom. The van der Waals surface area contributed by atoms with Gasteiger partial charge in [0.05, 0.1) is 6.61 Å². The molecule has 80 valence electrons. The summed E-state index contributed by atoms with van der Waals surface area (Å²) >= 11 is 0. The van der Waals surface area contributed by atoms with E-state index in [1.165, 1.54) is 0 Å². The molecule has 0 aliphatic rings. The van der Waals surface area contributed by atoms with Crippen LogP contribution in [0.25, 0.3) is 0 Å². The van der Waals surface area contributed by atoms with E-state index < -0.39 is 0 Å². The first-order chi connectivity index (χ1) is 6.79. The molecule has 4 nitrogen and oxygen atoms in total. The van der Waals surface area contributed by atoms with Gasteiger partial charge in [-0.05, 0) is 13.3 Å². The lowest BCUT2D eigenvalue weighted by Crippen LogP contribution is -2.14. The molecule has 0 saturated heterocycles. The maximum atomic E-state index is 4.97. The van der Waals surface area contributed by atoms with Crippen LogP contribution in [0.2, 0.25) is 0 Å². The van der Waals surface area contributed by atoms with Gasteiger partial charge in [-0.25, -0.2) is 4.98 Å². The number of rotatable bonds is 6. The monoisotopic (exact) mass is 197 g/mol. The van der Waals surface area contributed by atoms with E-state index in [2.05, 4.69) is 28.7 Å². The zero-order valence-electron chi connectivity index (χ0n) is 9.16. The summed E-state index contributed by atoms with van der Waals surface area (Å²) in [5.74, 6) is 0.927. The van der Waals surface area contributed by atoms with Gasteiger partial charge in [-0.15, -0.1) is 0 Å². The van der Waals surface area contributed by atoms with Crippen LogP contribution in [0.4, 0.5) is 5.95 Å². The first-order valence-electron chi connectivity index (χ1n) is 5.05. The summed E-state index contributed by atoms with van der Waals surface area (Å²) < 4.78 is 7.12. The molecule has 14 heavy (non-hydrogen) atoms. The molecular formula is C10H19N3O. The molecular weight excluding hydrogens is 178 g/mol. The average molecular weight is 197 g/mol. The highest BCUT2D eigenvalue weighted by Crippen LogP contribution is 2.15. The van der Waals surface area contributed by atoms with E-state index in [-0.39, 0.29) is 0 Å². The molecule has 1 aromatic heterocycles. The lowest BCUT2D eigenvalue weighted by atomic mass is 10.2. The fraction of sp³-hybridized carbons (Fsp3) is 0.700. The summed E-state index contributed by atoms with van der Waals surface area (Å²) in [7, 11) is 1.70. The number of methoxy groups -OCH3 is 1. The Labute approximate surface area is 85.3 Å². The van der Waals surface area contributed by atoms with Gasteiger partial charge in [-0.3, -0.25) is 0 Å². The summed E-state index contributed by atoms with van der Waals surface area (Å²) in [6.45, 7) is 5.85. The lowest BCUT2D eigenvalue weighted by Gasteiger charge is -2.14. The molecule has 0 aromatic carbocycles. The van der Waals surface area contributed by atoms with Crippen molar-refractivity contribution in [1.82, 2.24) is 9.55 Å². The SMILES string of the molecule is CCC(C)n1ccnc1NCCOC. The maximum absolute atomic E-state index is 4.97. The predicted molar refractivity (Wildman–Crippen MR) is 57.6 cm³/mol. The Morgan fingerprint density at radius 1 is 1.64 bits per heavy atom. The van der Waals surface area contributed by atoms with Crippen LogP contribution in [-0.2, 0) is 4.74 Å². The van der Waals surface area contributed by atoms with Crippen molar-refractivity contribution in [3.63, 3.8) is 0 Å². The number of hydrogen-bond acceptors (Lipinski definition) is 3. The van der Waals surface area contributed by atoms with E-state index in [1.807, 2.05) is 12.4 Å². The van der Waals surface area contributed by atoms with Gasteiger partial charge in [0.1, 0.15) is 0 Å². The summed E-state index contributed by atoms with van der Waals surface area (Å²) in [6.07, 6.45) is 4.93. The number of nitrogens with zero attached hydrogens (tertiary/aromatic N) is 2. The molecule has 1 rings (SSSR count). The van der Waals surface area contributed by atoms with Gasteiger partial charge in [-0.2, -0.15) is 0 Å². The van der Waals surface area contributed by atoms with Crippen LogP contribution in [0.1, 0.15) is 26.3 Å². The molecule has 0 amide bonds. The summed E-state index contributed by atoms with van der Waals surface area (Å²) in [6, 6.07) is 0.488. The van der Waals surface area contributed by atoms with Crippen LogP contribution >= 0.6 is 0 Å². The van der Waals surface area contributed by atoms with Gasteiger partial charge in [0, 0.05) is 32.1 Å². The second-order valence-electron chi connectivity index (χ2n) is 3.33. The third kappa shape index (κ3) is 2.73. The largest absolute Gasteiger partial charge is 0.383 e. The molecule has 0 radical (unpaired) electrons. The smallest absolute Gasteiger partial charge is 0.203 e. The maximum Gasteiger partial charge on any atom is 0.203 e. The molecule has 1 heterocycles. The second kappa shape index (κ2) is 5.65. The van der Waals surface area contributed by atoms with Crippen molar-refractivity contribution in [2.45, 2.75) is 26.3 Å². The first-order valence-corrected chi connectivity index (χ1v) is 5.05. The Bertz CT molecular complexity index is 260. The van der Waals surface area contributed by atoms with Crippen LogP contribution in [0.15, 0.2) is 12.4 Å². The van der Waals surface area contributed by atoms with E-state index in [4.69, 9.17) is 4.74 Å². The van der Waals surface area contributed by atoms with Crippen molar-refractivity contribution in [1.29, 1.82) is 0 Å². The molecule has 1 atom stereocenters. The summed E-state index contributed by atoms with van der Waals surface area (Å²) in [4.78, 5) is 4.25. The minimum absolute atomic E-state index is 0.488. The Kier molecular flexibility index (Phi) is 4.46. The number of hydrogen-bond donors (Lipinski definition) is 1. The third-order valence-electron chi connectivity index (χ3n) is 2.32. The third-order valence-corrected chi connectivity index (χ3v) is 2.32. The van der Waals surface area contributed by atoms with Gasteiger partial charge in [0.25, 0.3) is 0 Å². The van der Waals surface area contributed by atoms with Crippen LogP contribution in [0.5, 0.6) is 0 Å². The van der Waals surface area contributed by atoms with E-state index in [9.17, 15) is 0 Å². The molecule has 0 saturated carbocycles. The van der Waals surface area contributed by atoms with Crippen LogP contribution in [0.3, 0.4) is 0 Å². The van der Waals surface area contributed by atoms with Crippen LogP contribution in [0, 0.1) is 0 Å². The zero-order valence-corrected chi connectivity index (χ0v) is 9.16. The van der Waals surface area contributed by atoms with Crippen LogP contribution < -0.4 is 5.32 Å². The van der Waals surface area contributed by atoms with Crippen molar-refractivity contribution in [2.24, 2.45) is 0 Å². The standard InChI is InChI=1S/C10H19N3O/c1-4-9(2)13-7-5-11-10(13)12-6-8-14-3/h5,7,9H,4,6,8H2,1-3H3,(H,11,12). The van der Waals surface area contributed by atoms with E-state index in [0.29, 0.717) is 12.6 Å². The first kappa shape index (κ1) is 11.0. The minimum atomic E-state index is 0.488. The Balaban J connectivity index is 2.53. The normalized spacial score (nSPS) is 12.8. The zero-order chi connectivity index (χ0) is 10.4. The van der Waals surface area contributed by atoms with Crippen molar-refractivity contribution >= 4 is 5.95 Å². The Morgan fingerprint density at radius 3 is 3.07 bits per heavy atom. The molecule has 4 heteroatoms.